The van der Waals surface area contributed by atoms with Gasteiger partial charge in [0.1, 0.15) is 0 Å². The highest BCUT2D eigenvalue weighted by Crippen LogP contribution is 2.28. The monoisotopic (exact) mass is 456 g/mol. The molecule has 1 saturated heterocycles. The van der Waals surface area contributed by atoms with Gasteiger partial charge in [0.2, 0.25) is 10.0 Å². The number of rotatable bonds is 9. The van der Waals surface area contributed by atoms with Crippen molar-refractivity contribution in [2.24, 2.45) is 5.92 Å². The highest BCUT2D eigenvalue weighted by atomic mass is 32.2. The molecule has 1 aliphatic heterocycles. The Morgan fingerprint density at radius 2 is 1.75 bits per heavy atom. The van der Waals surface area contributed by atoms with Crippen LogP contribution in [0, 0.1) is 5.92 Å². The van der Waals surface area contributed by atoms with Gasteiger partial charge < -0.3 is 10.2 Å². The van der Waals surface area contributed by atoms with E-state index in [1.165, 1.54) is 17.8 Å². The number of piperazine rings is 1. The highest BCUT2D eigenvalue weighted by Gasteiger charge is 2.25. The van der Waals surface area contributed by atoms with Gasteiger partial charge in [-0.3, -0.25) is 9.69 Å². The number of para-hydroxylation sites is 1. The van der Waals surface area contributed by atoms with E-state index in [4.69, 9.17) is 0 Å². The molecule has 4 rings (SSSR count). The molecule has 8 heteroatoms. The molecule has 1 aliphatic carbocycles. The number of carbonyl (C=O) groups is 1. The number of sulfonamides is 1. The Morgan fingerprint density at radius 1 is 1.03 bits per heavy atom. The van der Waals surface area contributed by atoms with E-state index in [-0.39, 0.29) is 16.8 Å². The van der Waals surface area contributed by atoms with Crippen LogP contribution in [-0.4, -0.2) is 64.5 Å². The molecule has 7 nitrogen and oxygen atoms in total. The summed E-state index contributed by atoms with van der Waals surface area (Å²) >= 11 is 0. The predicted octanol–water partition coefficient (Wildman–Crippen LogP) is 2.32. The second-order valence-electron chi connectivity index (χ2n) is 8.74. The second-order valence-corrected chi connectivity index (χ2v) is 10.5. The van der Waals surface area contributed by atoms with Gasteiger partial charge in [0, 0.05) is 56.6 Å². The maximum Gasteiger partial charge on any atom is 0.251 e. The molecule has 2 aromatic rings. The minimum atomic E-state index is -3.59. The maximum atomic E-state index is 12.7. The van der Waals surface area contributed by atoms with Crippen LogP contribution in [0.1, 0.15) is 30.1 Å². The number of anilines is 1. The molecule has 1 heterocycles. The first kappa shape index (κ1) is 22.8. The van der Waals surface area contributed by atoms with Crippen LogP contribution >= 0.6 is 0 Å². The molecule has 0 bridgehead atoms. The lowest BCUT2D eigenvalue weighted by molar-refractivity contribution is 0.0934. The smallest absolute Gasteiger partial charge is 0.251 e. The van der Waals surface area contributed by atoms with Gasteiger partial charge in [0.05, 0.1) is 4.90 Å². The third-order valence-electron chi connectivity index (χ3n) is 6.28. The Balaban J connectivity index is 1.27. The van der Waals surface area contributed by atoms with Gasteiger partial charge in [-0.05, 0) is 56.0 Å². The van der Waals surface area contributed by atoms with Gasteiger partial charge in [-0.15, -0.1) is 0 Å². The summed E-state index contributed by atoms with van der Waals surface area (Å²) in [6, 6.07) is 16.9. The van der Waals surface area contributed by atoms with Crippen molar-refractivity contribution in [2.75, 3.05) is 44.2 Å². The van der Waals surface area contributed by atoms with Gasteiger partial charge in [-0.1, -0.05) is 24.3 Å². The van der Waals surface area contributed by atoms with Crippen molar-refractivity contribution in [1.29, 1.82) is 0 Å². The van der Waals surface area contributed by atoms with Crippen LogP contribution in [0.25, 0.3) is 0 Å². The molecule has 2 aromatic carbocycles. The molecule has 1 amide bonds. The third kappa shape index (κ3) is 5.88. The number of carbonyl (C=O) groups excluding carboxylic acids is 1. The first-order valence-corrected chi connectivity index (χ1v) is 12.8. The molecule has 1 saturated carbocycles. The molecule has 1 atom stereocenters. The molecular formula is C24H32N4O3S. The number of nitrogens with one attached hydrogen (secondary N) is 2. The SMILES string of the molecule is CC(CNC(=O)c1cccc(S(=O)(=O)NCC2CC2)c1)N1CCN(c2ccccc2)CC1. The Hall–Kier alpha value is -2.42. The lowest BCUT2D eigenvalue weighted by atomic mass is 10.2. The lowest BCUT2D eigenvalue weighted by Crippen LogP contribution is -2.52. The van der Waals surface area contributed by atoms with E-state index in [9.17, 15) is 13.2 Å². The zero-order chi connectivity index (χ0) is 22.6. The standard InChI is InChI=1S/C24H32N4O3S/c1-19(27-12-14-28(15-13-27)22-7-3-2-4-8-22)17-25-24(29)21-6-5-9-23(16-21)32(30,31)26-18-20-10-11-20/h2-9,16,19-20,26H,10-15,17-18H2,1H3,(H,25,29). The molecule has 2 N–H and O–H groups in total. The van der Waals surface area contributed by atoms with E-state index in [2.05, 4.69) is 51.0 Å². The van der Waals surface area contributed by atoms with Gasteiger partial charge in [-0.25, -0.2) is 13.1 Å². The Bertz CT molecular complexity index is 1020. The van der Waals surface area contributed by atoms with Crippen molar-refractivity contribution < 1.29 is 13.2 Å². The number of amides is 1. The van der Waals surface area contributed by atoms with E-state index in [1.54, 1.807) is 12.1 Å². The van der Waals surface area contributed by atoms with Gasteiger partial charge in [0.15, 0.2) is 0 Å². The van der Waals surface area contributed by atoms with Crippen molar-refractivity contribution in [3.63, 3.8) is 0 Å². The fraction of sp³-hybridized carbons (Fsp3) is 0.458. The number of hydrogen-bond donors (Lipinski definition) is 2. The number of hydrogen-bond acceptors (Lipinski definition) is 5. The fourth-order valence-corrected chi connectivity index (χ4v) is 5.13. The van der Waals surface area contributed by atoms with Crippen LogP contribution in [0.5, 0.6) is 0 Å². The first-order chi connectivity index (χ1) is 15.4. The van der Waals surface area contributed by atoms with Crippen molar-refractivity contribution >= 4 is 21.6 Å². The normalized spacial score (nSPS) is 18.3. The minimum absolute atomic E-state index is 0.135. The predicted molar refractivity (Wildman–Crippen MR) is 126 cm³/mol. The lowest BCUT2D eigenvalue weighted by Gasteiger charge is -2.39. The summed E-state index contributed by atoms with van der Waals surface area (Å²) in [7, 11) is -3.59. The van der Waals surface area contributed by atoms with E-state index in [0.29, 0.717) is 24.6 Å². The summed E-state index contributed by atoms with van der Waals surface area (Å²) in [6.45, 7) is 6.88. The summed E-state index contributed by atoms with van der Waals surface area (Å²) in [4.78, 5) is 17.6. The minimum Gasteiger partial charge on any atom is -0.369 e. The Labute approximate surface area is 190 Å². The molecule has 1 unspecified atom stereocenters. The topological polar surface area (TPSA) is 81.7 Å². The van der Waals surface area contributed by atoms with Crippen LogP contribution < -0.4 is 14.9 Å². The van der Waals surface area contributed by atoms with E-state index >= 15 is 0 Å². The van der Waals surface area contributed by atoms with Crippen LogP contribution in [0.15, 0.2) is 59.5 Å². The van der Waals surface area contributed by atoms with E-state index in [0.717, 1.165) is 39.0 Å². The van der Waals surface area contributed by atoms with Gasteiger partial charge in [0.25, 0.3) is 5.91 Å². The maximum absolute atomic E-state index is 12.7. The molecule has 32 heavy (non-hydrogen) atoms. The molecule has 2 aliphatic rings. The van der Waals surface area contributed by atoms with Crippen molar-refractivity contribution in [3.05, 3.63) is 60.2 Å². The third-order valence-corrected chi connectivity index (χ3v) is 7.70. The summed E-state index contributed by atoms with van der Waals surface area (Å²) in [5.41, 5.74) is 1.61. The molecule has 0 radical (unpaired) electrons. The van der Waals surface area contributed by atoms with Gasteiger partial charge in [-0.2, -0.15) is 0 Å². The zero-order valence-corrected chi connectivity index (χ0v) is 19.4. The van der Waals surface area contributed by atoms with Crippen LogP contribution in [0.3, 0.4) is 0 Å². The summed E-state index contributed by atoms with van der Waals surface area (Å²) < 4.78 is 27.6. The Kier molecular flexibility index (Phi) is 7.13. The van der Waals surface area contributed by atoms with E-state index in [1.807, 2.05) is 6.07 Å². The van der Waals surface area contributed by atoms with Crippen molar-refractivity contribution in [2.45, 2.75) is 30.7 Å². The van der Waals surface area contributed by atoms with Crippen LogP contribution in [0.2, 0.25) is 0 Å². The molecule has 2 fully saturated rings. The fourth-order valence-electron chi connectivity index (χ4n) is 3.97. The van der Waals surface area contributed by atoms with Crippen LogP contribution in [0.4, 0.5) is 5.69 Å². The Morgan fingerprint density at radius 3 is 2.44 bits per heavy atom. The quantitative estimate of drug-likeness (QED) is 0.605. The molecular weight excluding hydrogens is 424 g/mol. The summed E-state index contributed by atoms with van der Waals surface area (Å²) in [5.74, 6) is 0.200. The van der Waals surface area contributed by atoms with Crippen molar-refractivity contribution in [3.8, 4) is 0 Å². The largest absolute Gasteiger partial charge is 0.369 e. The number of nitrogens with zero attached hydrogens (tertiary/aromatic N) is 2. The molecule has 172 valence electrons. The molecule has 0 spiro atoms. The average molecular weight is 457 g/mol. The van der Waals surface area contributed by atoms with E-state index < -0.39 is 10.0 Å². The zero-order valence-electron chi connectivity index (χ0n) is 18.5. The first-order valence-electron chi connectivity index (χ1n) is 11.3. The van der Waals surface area contributed by atoms with Crippen LogP contribution in [-0.2, 0) is 10.0 Å². The molecule has 0 aromatic heterocycles. The number of benzene rings is 2. The second kappa shape index (κ2) is 10.0. The van der Waals surface area contributed by atoms with Gasteiger partial charge >= 0.3 is 0 Å². The summed E-state index contributed by atoms with van der Waals surface area (Å²) in [5, 5.41) is 2.97. The summed E-state index contributed by atoms with van der Waals surface area (Å²) in [6.07, 6.45) is 2.15. The van der Waals surface area contributed by atoms with Crippen molar-refractivity contribution in [1.82, 2.24) is 14.9 Å². The highest BCUT2D eigenvalue weighted by molar-refractivity contribution is 7.89. The average Bonchev–Trinajstić information content (AvgIpc) is 3.66.